The Morgan fingerprint density at radius 2 is 0.598 bits per heavy atom. The summed E-state index contributed by atoms with van der Waals surface area (Å²) in [4.78, 5) is 4.36. The Balaban J connectivity index is 1.11. The second kappa shape index (κ2) is 24.1. The summed E-state index contributed by atoms with van der Waals surface area (Å²) in [7, 11) is 0. The Morgan fingerprint density at radius 3 is 0.971 bits per heavy atom. The fraction of sp³-hybridized carbons (Fsp3) is 0.125. The third kappa shape index (κ3) is 10.5. The standard InChI is InChI=1S/C96H78B2N2O2/c1-94(2,3)71-54-74(64-37-23-13-24-38-64)91(75(55-71)65-39-25-14-26-40-65)99-81-48-45-68(61-31-17-10-18-32-61)51-78(81)98-88-82(99)58-73(96(7,8)9)59-83(88)100(92-76(66-41-27-15-28-42-66)56-72(95(4,5)6)57-77(92)67-43-29-16-30-44-67)84-60-87-90-93(89(84)98)102-86-50-47-70(63-35-21-12-22-36-63)53-80(86)97(90)79-52-69(46-49-85(79)101-87)62-33-19-11-20-34-62/h10-60H,1-9H3/i45D,46D,47D,48D,49D,50D,51D,52D,53D,60D. The number of ether oxygens (including phenoxy) is 2. The van der Waals surface area contributed by atoms with Gasteiger partial charge in [-0.3, -0.25) is 0 Å². The van der Waals surface area contributed by atoms with Gasteiger partial charge in [0, 0.05) is 56.5 Å². The van der Waals surface area contributed by atoms with Gasteiger partial charge in [0.25, 0.3) is 13.4 Å². The van der Waals surface area contributed by atoms with Crippen molar-refractivity contribution in [1.29, 1.82) is 0 Å². The Hall–Kier alpha value is -11.6. The highest BCUT2D eigenvalue weighted by Gasteiger charge is 2.52. The lowest BCUT2D eigenvalue weighted by Crippen LogP contribution is -2.65. The summed E-state index contributed by atoms with van der Waals surface area (Å²) in [6, 6.07) is 79.8. The van der Waals surface area contributed by atoms with Gasteiger partial charge in [-0.15, -0.1) is 0 Å². The zero-order chi connectivity index (χ0) is 78.0. The summed E-state index contributed by atoms with van der Waals surface area (Å²) in [6.45, 7) is 17.2. The van der Waals surface area contributed by atoms with E-state index in [0.29, 0.717) is 55.8 Å². The lowest BCUT2D eigenvalue weighted by Gasteiger charge is -2.48. The van der Waals surface area contributed by atoms with Gasteiger partial charge in [-0.05, 0) is 170 Å². The van der Waals surface area contributed by atoms with Crippen LogP contribution < -0.4 is 52.1 Å². The molecule has 102 heavy (non-hydrogen) atoms. The molecule has 0 N–H and O–H groups in total. The van der Waals surface area contributed by atoms with E-state index in [1.54, 1.807) is 24.3 Å². The molecule has 0 aromatic heterocycles. The van der Waals surface area contributed by atoms with Crippen LogP contribution in [-0.2, 0) is 16.2 Å². The van der Waals surface area contributed by atoms with Crippen LogP contribution in [0.25, 0.3) is 77.9 Å². The fourth-order valence-electron chi connectivity index (χ4n) is 15.4. The van der Waals surface area contributed by atoms with Crippen LogP contribution in [0, 0.1) is 0 Å². The van der Waals surface area contributed by atoms with Gasteiger partial charge in [-0.25, -0.2) is 0 Å². The summed E-state index contributed by atoms with van der Waals surface area (Å²) < 4.78 is 123. The molecule has 4 aliphatic heterocycles. The van der Waals surface area contributed by atoms with Gasteiger partial charge in [-0.1, -0.05) is 311 Å². The van der Waals surface area contributed by atoms with Crippen molar-refractivity contribution in [2.24, 2.45) is 0 Å². The van der Waals surface area contributed by atoms with Crippen LogP contribution in [0.2, 0.25) is 0 Å². The first-order chi connectivity index (χ1) is 53.7. The zero-order valence-corrected chi connectivity index (χ0v) is 58.5. The average molecular weight is 1320 g/mol. The van der Waals surface area contributed by atoms with Crippen molar-refractivity contribution in [3.63, 3.8) is 0 Å². The Bertz CT molecular complexity index is 6070. The molecule has 4 nitrogen and oxygen atoms in total. The molecular formula is C96H78B2N2O2. The highest BCUT2D eigenvalue weighted by atomic mass is 16.5. The molecular weight excluding hydrogens is 1230 g/mol. The lowest BCUT2D eigenvalue weighted by molar-refractivity contribution is 0.467. The normalized spacial score (nSPS) is 14.6. The summed E-state index contributed by atoms with van der Waals surface area (Å²) in [6.07, 6.45) is 0. The first-order valence-corrected chi connectivity index (χ1v) is 35.2. The molecule has 0 unspecified atom stereocenters. The van der Waals surface area contributed by atoms with Gasteiger partial charge in [0.05, 0.1) is 25.1 Å². The van der Waals surface area contributed by atoms with E-state index < -0.39 is 29.7 Å². The minimum atomic E-state index is -1.35. The van der Waals surface area contributed by atoms with E-state index in [1.165, 1.54) is 0 Å². The summed E-state index contributed by atoms with van der Waals surface area (Å²) >= 11 is 0. The Kier molecular flexibility index (Phi) is 12.4. The van der Waals surface area contributed by atoms with Gasteiger partial charge >= 0.3 is 0 Å². The molecule has 0 amide bonds. The highest BCUT2D eigenvalue weighted by Crippen LogP contribution is 2.57. The van der Waals surface area contributed by atoms with E-state index >= 15 is 0 Å². The molecule has 14 aromatic carbocycles. The predicted octanol–water partition coefficient (Wildman–Crippen LogP) is 22.1. The molecule has 0 bridgehead atoms. The molecule has 0 spiro atoms. The third-order valence-electron chi connectivity index (χ3n) is 20.6. The van der Waals surface area contributed by atoms with E-state index in [4.69, 9.17) is 9.47 Å². The quantitative estimate of drug-likeness (QED) is 0.135. The maximum atomic E-state index is 11.9. The van der Waals surface area contributed by atoms with Gasteiger partial charge in [0.1, 0.15) is 23.0 Å². The van der Waals surface area contributed by atoms with Crippen LogP contribution in [0.3, 0.4) is 0 Å². The molecule has 18 rings (SSSR count). The first-order valence-electron chi connectivity index (χ1n) is 40.2. The molecule has 490 valence electrons. The van der Waals surface area contributed by atoms with E-state index in [0.717, 1.165) is 61.2 Å². The van der Waals surface area contributed by atoms with Crippen LogP contribution in [0.1, 0.15) is 92.7 Å². The van der Waals surface area contributed by atoms with Crippen molar-refractivity contribution in [3.8, 4) is 101 Å². The molecule has 0 radical (unpaired) electrons. The van der Waals surface area contributed by atoms with Crippen LogP contribution in [0.15, 0.2) is 309 Å². The zero-order valence-electron chi connectivity index (χ0n) is 68.5. The van der Waals surface area contributed by atoms with E-state index in [1.807, 2.05) is 140 Å². The molecule has 14 aromatic rings. The van der Waals surface area contributed by atoms with Gasteiger partial charge in [0.15, 0.2) is 0 Å². The molecule has 0 saturated carbocycles. The van der Waals surface area contributed by atoms with Gasteiger partial charge in [-0.2, -0.15) is 0 Å². The number of benzene rings is 14. The molecule has 6 heteroatoms. The van der Waals surface area contributed by atoms with E-state index in [-0.39, 0.29) is 128 Å². The Labute approximate surface area is 615 Å². The molecule has 0 saturated heterocycles. The largest absolute Gasteiger partial charge is 0.459 e. The molecule has 0 fully saturated rings. The van der Waals surface area contributed by atoms with Crippen molar-refractivity contribution < 1.29 is 23.2 Å². The maximum Gasteiger partial charge on any atom is 0.260 e. The number of fused-ring (bicyclic) bond motifs is 9. The van der Waals surface area contributed by atoms with Crippen LogP contribution in [0.4, 0.5) is 34.1 Å². The molecule has 4 heterocycles. The third-order valence-corrected chi connectivity index (χ3v) is 20.6. The fourth-order valence-corrected chi connectivity index (χ4v) is 15.4. The average Bonchev–Trinajstić information content (AvgIpc) is 0.663. The minimum Gasteiger partial charge on any atom is -0.459 e. The van der Waals surface area contributed by atoms with Crippen molar-refractivity contribution >= 4 is 80.3 Å². The second-order valence-electron chi connectivity index (χ2n) is 30.3. The van der Waals surface area contributed by atoms with Crippen LogP contribution in [-0.4, -0.2) is 13.4 Å². The van der Waals surface area contributed by atoms with E-state index in [2.05, 4.69) is 157 Å². The summed E-state index contributed by atoms with van der Waals surface area (Å²) in [5, 5.41) is 0. The van der Waals surface area contributed by atoms with Gasteiger partial charge < -0.3 is 19.3 Å². The number of nitrogens with zero attached hydrogens (tertiary/aromatic N) is 2. The van der Waals surface area contributed by atoms with E-state index in [9.17, 15) is 13.7 Å². The minimum absolute atomic E-state index is 0.0597. The monoisotopic (exact) mass is 1320 g/mol. The lowest BCUT2D eigenvalue weighted by atomic mass is 9.30. The SMILES string of the molecule is [2H]c1c([2H])c(-c2ccccc2)c([2H])c2c1Oc1c([2H])c3c(c4c1B2c1c([2H])c(-c2ccccc2)c([2H])c([2H])c1O4)B1c2c(cc(C(C)(C)C)cc2N3c2c(-c3ccccc3)cc(C(C)(C)C)cc2-c2ccccc2)N(c2c(-c3ccccc3)cc(C(C)(C)C)cc2-c2ccccc2)c2c([2H])c([2H])c(-c3ccccc3)c([2H])c21. The molecule has 4 aliphatic rings. The van der Waals surface area contributed by atoms with Crippen molar-refractivity contribution in [3.05, 3.63) is 326 Å². The number of rotatable bonds is 9. The Morgan fingerprint density at radius 1 is 0.275 bits per heavy atom. The number of hydrogen-bond donors (Lipinski definition) is 0. The molecule has 0 atom stereocenters. The smallest absolute Gasteiger partial charge is 0.260 e. The number of hydrogen-bond acceptors (Lipinski definition) is 4. The highest BCUT2D eigenvalue weighted by molar-refractivity contribution is 7.03. The summed E-state index contributed by atoms with van der Waals surface area (Å²) in [5.74, 6) is -0.344. The number of anilines is 6. The first kappa shape index (κ1) is 52.4. The second-order valence-corrected chi connectivity index (χ2v) is 30.3. The topological polar surface area (TPSA) is 24.9 Å². The van der Waals surface area contributed by atoms with Gasteiger partial charge in [0.2, 0.25) is 0 Å². The van der Waals surface area contributed by atoms with Crippen LogP contribution in [0.5, 0.6) is 23.0 Å². The van der Waals surface area contributed by atoms with Crippen molar-refractivity contribution in [2.75, 3.05) is 9.80 Å². The maximum absolute atomic E-state index is 11.9. The summed E-state index contributed by atoms with van der Waals surface area (Å²) in [5.41, 5.74) is 15.0. The predicted molar refractivity (Wildman–Crippen MR) is 432 cm³/mol. The molecule has 0 aliphatic carbocycles. The van der Waals surface area contributed by atoms with Crippen molar-refractivity contribution in [2.45, 2.75) is 78.6 Å². The van der Waals surface area contributed by atoms with Crippen LogP contribution >= 0.6 is 0 Å². The van der Waals surface area contributed by atoms with Crippen molar-refractivity contribution in [1.82, 2.24) is 0 Å².